The summed E-state index contributed by atoms with van der Waals surface area (Å²) >= 11 is 0. The Balaban J connectivity index is 1.77. The van der Waals surface area contributed by atoms with E-state index in [1.165, 1.54) is 30.6 Å². The molecule has 1 unspecified atom stereocenters. The van der Waals surface area contributed by atoms with Crippen LogP contribution in [0, 0.1) is 0 Å². The SMILES string of the molecule is COc1ccc(N2C3=CC=CCC3=C3CCCC32)cc1. The summed E-state index contributed by atoms with van der Waals surface area (Å²) < 4.78 is 5.27. The van der Waals surface area contributed by atoms with Crippen molar-refractivity contribution in [3.63, 3.8) is 0 Å². The van der Waals surface area contributed by atoms with Crippen molar-refractivity contribution in [1.82, 2.24) is 0 Å². The molecule has 1 aliphatic heterocycles. The number of allylic oxidation sites excluding steroid dienone is 4. The Morgan fingerprint density at radius 2 is 2.05 bits per heavy atom. The molecule has 0 saturated heterocycles. The summed E-state index contributed by atoms with van der Waals surface area (Å²) in [6.07, 6.45) is 11.7. The predicted molar refractivity (Wildman–Crippen MR) is 82.0 cm³/mol. The van der Waals surface area contributed by atoms with Crippen LogP contribution in [-0.2, 0) is 0 Å². The normalized spacial score (nSPS) is 23.8. The predicted octanol–water partition coefficient (Wildman–Crippen LogP) is 4.21. The fraction of sp³-hybridized carbons (Fsp3) is 0.333. The van der Waals surface area contributed by atoms with Crippen LogP contribution in [0.15, 0.2) is 59.3 Å². The minimum Gasteiger partial charge on any atom is -0.497 e. The third-order valence-corrected chi connectivity index (χ3v) is 4.66. The van der Waals surface area contributed by atoms with Gasteiger partial charge in [0.25, 0.3) is 0 Å². The van der Waals surface area contributed by atoms with Gasteiger partial charge in [0.1, 0.15) is 5.75 Å². The van der Waals surface area contributed by atoms with E-state index in [0.717, 1.165) is 12.2 Å². The summed E-state index contributed by atoms with van der Waals surface area (Å²) in [5, 5.41) is 0. The molecule has 102 valence electrons. The highest BCUT2D eigenvalue weighted by Crippen LogP contribution is 2.47. The molecule has 1 heterocycles. The van der Waals surface area contributed by atoms with Gasteiger partial charge in [-0.2, -0.15) is 0 Å². The van der Waals surface area contributed by atoms with Crippen LogP contribution in [0.1, 0.15) is 25.7 Å². The molecule has 0 bridgehead atoms. The molecule has 0 aromatic heterocycles. The zero-order chi connectivity index (χ0) is 13.5. The van der Waals surface area contributed by atoms with Crippen LogP contribution in [-0.4, -0.2) is 13.2 Å². The van der Waals surface area contributed by atoms with Crippen LogP contribution >= 0.6 is 0 Å². The molecule has 0 radical (unpaired) electrons. The number of methoxy groups -OCH3 is 1. The monoisotopic (exact) mass is 265 g/mol. The van der Waals surface area contributed by atoms with Crippen LogP contribution in [0.3, 0.4) is 0 Å². The molecule has 0 N–H and O–H groups in total. The highest BCUT2D eigenvalue weighted by Gasteiger charge is 2.39. The summed E-state index contributed by atoms with van der Waals surface area (Å²) in [7, 11) is 1.72. The average Bonchev–Trinajstić information content (AvgIpc) is 3.08. The van der Waals surface area contributed by atoms with Crippen LogP contribution in [0.2, 0.25) is 0 Å². The first-order valence-corrected chi connectivity index (χ1v) is 7.41. The molecule has 0 spiro atoms. The molecule has 2 nitrogen and oxygen atoms in total. The van der Waals surface area contributed by atoms with E-state index in [1.54, 1.807) is 18.3 Å². The average molecular weight is 265 g/mol. The number of fused-ring (bicyclic) bond motifs is 2. The minimum atomic E-state index is 0.588. The molecule has 0 amide bonds. The largest absolute Gasteiger partial charge is 0.497 e. The number of hydrogen-bond donors (Lipinski definition) is 0. The Bertz CT molecular complexity index is 621. The number of anilines is 1. The van der Waals surface area contributed by atoms with Gasteiger partial charge < -0.3 is 9.64 Å². The molecule has 3 aliphatic rings. The van der Waals surface area contributed by atoms with Gasteiger partial charge in [0.2, 0.25) is 0 Å². The van der Waals surface area contributed by atoms with Crippen LogP contribution in [0.5, 0.6) is 5.75 Å². The first kappa shape index (κ1) is 11.8. The van der Waals surface area contributed by atoms with Gasteiger partial charge in [-0.1, -0.05) is 12.2 Å². The van der Waals surface area contributed by atoms with Crippen molar-refractivity contribution >= 4 is 5.69 Å². The molecule has 2 heteroatoms. The highest BCUT2D eigenvalue weighted by atomic mass is 16.5. The van der Waals surface area contributed by atoms with Crippen molar-refractivity contribution in [3.05, 3.63) is 59.3 Å². The van der Waals surface area contributed by atoms with Crippen molar-refractivity contribution in [2.75, 3.05) is 12.0 Å². The number of nitrogens with zero attached hydrogens (tertiary/aromatic N) is 1. The second kappa shape index (κ2) is 4.55. The van der Waals surface area contributed by atoms with E-state index in [1.807, 2.05) is 0 Å². The Hall–Kier alpha value is -1.96. The van der Waals surface area contributed by atoms with Gasteiger partial charge in [0.15, 0.2) is 0 Å². The summed E-state index contributed by atoms with van der Waals surface area (Å²) in [5.74, 6) is 0.922. The third kappa shape index (κ3) is 1.64. The van der Waals surface area contributed by atoms with Crippen molar-refractivity contribution < 1.29 is 4.74 Å². The van der Waals surface area contributed by atoms with Gasteiger partial charge in [-0.15, -0.1) is 0 Å². The van der Waals surface area contributed by atoms with Gasteiger partial charge in [0, 0.05) is 11.4 Å². The second-order valence-corrected chi connectivity index (χ2v) is 5.66. The fourth-order valence-corrected chi connectivity index (χ4v) is 3.76. The van der Waals surface area contributed by atoms with Crippen molar-refractivity contribution in [2.24, 2.45) is 0 Å². The van der Waals surface area contributed by atoms with E-state index in [-0.39, 0.29) is 0 Å². The molecule has 1 atom stereocenters. The van der Waals surface area contributed by atoms with Crippen molar-refractivity contribution in [1.29, 1.82) is 0 Å². The Labute approximate surface area is 120 Å². The number of ether oxygens (including phenoxy) is 1. The first-order chi connectivity index (χ1) is 9.88. The van der Waals surface area contributed by atoms with Gasteiger partial charge in [-0.3, -0.25) is 0 Å². The lowest BCUT2D eigenvalue weighted by Gasteiger charge is -2.28. The van der Waals surface area contributed by atoms with Crippen molar-refractivity contribution in [2.45, 2.75) is 31.7 Å². The minimum absolute atomic E-state index is 0.588. The molecule has 1 saturated carbocycles. The van der Waals surface area contributed by atoms with Gasteiger partial charge in [-0.05, 0) is 67.2 Å². The Morgan fingerprint density at radius 1 is 1.20 bits per heavy atom. The van der Waals surface area contributed by atoms with E-state index in [9.17, 15) is 0 Å². The van der Waals surface area contributed by atoms with Crippen LogP contribution in [0.4, 0.5) is 5.69 Å². The molecule has 4 rings (SSSR count). The van der Waals surface area contributed by atoms with E-state index in [2.05, 4.69) is 47.4 Å². The number of benzene rings is 1. The highest BCUT2D eigenvalue weighted by molar-refractivity contribution is 5.68. The van der Waals surface area contributed by atoms with E-state index >= 15 is 0 Å². The summed E-state index contributed by atoms with van der Waals surface area (Å²) in [4.78, 5) is 2.53. The standard InChI is InChI=1S/C18H19NO/c1-20-14-11-9-13(10-12-14)19-17-7-3-2-5-15(17)16-6-4-8-18(16)19/h2-3,7,9-12,18H,4-6,8H2,1H3. The zero-order valence-corrected chi connectivity index (χ0v) is 11.8. The molecular weight excluding hydrogens is 246 g/mol. The van der Waals surface area contributed by atoms with Gasteiger partial charge >= 0.3 is 0 Å². The summed E-state index contributed by atoms with van der Waals surface area (Å²) in [5.41, 5.74) is 5.95. The first-order valence-electron chi connectivity index (χ1n) is 7.41. The Morgan fingerprint density at radius 3 is 2.85 bits per heavy atom. The summed E-state index contributed by atoms with van der Waals surface area (Å²) in [6, 6.07) is 9.06. The number of rotatable bonds is 2. The van der Waals surface area contributed by atoms with Crippen LogP contribution in [0.25, 0.3) is 0 Å². The van der Waals surface area contributed by atoms with Crippen molar-refractivity contribution in [3.8, 4) is 5.75 Å². The number of hydrogen-bond acceptors (Lipinski definition) is 2. The second-order valence-electron chi connectivity index (χ2n) is 5.66. The Kier molecular flexibility index (Phi) is 2.69. The van der Waals surface area contributed by atoms with E-state index in [0.29, 0.717) is 6.04 Å². The lowest BCUT2D eigenvalue weighted by atomic mass is 10.00. The fourth-order valence-electron chi connectivity index (χ4n) is 3.76. The van der Waals surface area contributed by atoms with Crippen LogP contribution < -0.4 is 9.64 Å². The summed E-state index contributed by atoms with van der Waals surface area (Å²) in [6.45, 7) is 0. The molecule has 1 aromatic rings. The topological polar surface area (TPSA) is 12.5 Å². The smallest absolute Gasteiger partial charge is 0.119 e. The third-order valence-electron chi connectivity index (χ3n) is 4.66. The molecule has 20 heavy (non-hydrogen) atoms. The maximum absolute atomic E-state index is 5.27. The molecular formula is C18H19NO. The quantitative estimate of drug-likeness (QED) is 0.794. The maximum atomic E-state index is 5.27. The van der Waals surface area contributed by atoms with E-state index < -0.39 is 0 Å². The zero-order valence-electron chi connectivity index (χ0n) is 11.8. The molecule has 2 aliphatic carbocycles. The lowest BCUT2D eigenvalue weighted by molar-refractivity contribution is 0.415. The maximum Gasteiger partial charge on any atom is 0.119 e. The molecule has 1 aromatic carbocycles. The van der Waals surface area contributed by atoms with Gasteiger partial charge in [0.05, 0.1) is 13.2 Å². The lowest BCUT2D eigenvalue weighted by Crippen LogP contribution is -2.28. The molecule has 1 fully saturated rings. The van der Waals surface area contributed by atoms with E-state index in [4.69, 9.17) is 4.74 Å². The van der Waals surface area contributed by atoms with Gasteiger partial charge in [-0.25, -0.2) is 0 Å².